The highest BCUT2D eigenvalue weighted by Crippen LogP contribution is 2.20. The number of hydrogen-bond donors (Lipinski definition) is 2. The lowest BCUT2D eigenvalue weighted by Gasteiger charge is -2.18. The van der Waals surface area contributed by atoms with Crippen LogP contribution in [-0.4, -0.2) is 35.6 Å². The molecule has 0 spiro atoms. The van der Waals surface area contributed by atoms with Gasteiger partial charge in [-0.15, -0.1) is 0 Å². The van der Waals surface area contributed by atoms with Crippen molar-refractivity contribution in [2.24, 2.45) is 0 Å². The molecule has 0 aliphatic carbocycles. The van der Waals surface area contributed by atoms with Crippen molar-refractivity contribution in [1.82, 2.24) is 5.32 Å². The second kappa shape index (κ2) is 46.1. The van der Waals surface area contributed by atoms with Gasteiger partial charge in [-0.3, -0.25) is 14.4 Å². The number of carbonyl (C=O) groups excluding carboxylic acids is 2. The van der Waals surface area contributed by atoms with Crippen LogP contribution in [0.3, 0.4) is 0 Å². The van der Waals surface area contributed by atoms with Crippen molar-refractivity contribution < 1.29 is 24.2 Å². The van der Waals surface area contributed by atoms with E-state index < -0.39 is 5.97 Å². The molecule has 0 fully saturated rings. The number of carboxylic acids is 1. The maximum Gasteiger partial charge on any atom is 0.322 e. The number of esters is 1. The van der Waals surface area contributed by atoms with E-state index in [1.807, 2.05) is 0 Å². The summed E-state index contributed by atoms with van der Waals surface area (Å²) >= 11 is 0. The summed E-state index contributed by atoms with van der Waals surface area (Å²) in [5.74, 6) is -1.20. The molecular formula is C50H97NO5. The van der Waals surface area contributed by atoms with Crippen LogP contribution >= 0.6 is 0 Å². The van der Waals surface area contributed by atoms with Crippen molar-refractivity contribution in [3.63, 3.8) is 0 Å². The molecule has 0 radical (unpaired) electrons. The topological polar surface area (TPSA) is 92.7 Å². The minimum Gasteiger partial charge on any atom is -0.480 e. The first-order valence-electron chi connectivity index (χ1n) is 25.2. The summed E-state index contributed by atoms with van der Waals surface area (Å²) in [5.41, 5.74) is 0. The molecule has 1 amide bonds. The Balaban J connectivity index is 4.05. The monoisotopic (exact) mass is 792 g/mol. The van der Waals surface area contributed by atoms with E-state index in [1.165, 1.54) is 199 Å². The predicted octanol–water partition coefficient (Wildman–Crippen LogP) is 15.9. The molecule has 0 aromatic rings. The molecule has 0 rings (SSSR count). The largest absolute Gasteiger partial charge is 0.480 e. The molecule has 2 N–H and O–H groups in total. The van der Waals surface area contributed by atoms with Crippen molar-refractivity contribution >= 4 is 17.8 Å². The fourth-order valence-electron chi connectivity index (χ4n) is 8.05. The van der Waals surface area contributed by atoms with Crippen LogP contribution in [0.15, 0.2) is 0 Å². The first kappa shape index (κ1) is 54.4. The van der Waals surface area contributed by atoms with Crippen molar-refractivity contribution in [2.45, 2.75) is 296 Å². The van der Waals surface area contributed by atoms with Crippen LogP contribution in [0.25, 0.3) is 0 Å². The number of ether oxygens (including phenoxy) is 1. The van der Waals surface area contributed by atoms with E-state index in [-0.39, 0.29) is 24.5 Å². The van der Waals surface area contributed by atoms with Gasteiger partial charge in [-0.2, -0.15) is 0 Å². The van der Waals surface area contributed by atoms with Gasteiger partial charge in [0.1, 0.15) is 12.6 Å². The third-order valence-electron chi connectivity index (χ3n) is 11.8. The molecule has 0 aromatic heterocycles. The van der Waals surface area contributed by atoms with Gasteiger partial charge >= 0.3 is 11.9 Å². The smallest absolute Gasteiger partial charge is 0.322 e. The minimum atomic E-state index is -1.01. The van der Waals surface area contributed by atoms with Crippen molar-refractivity contribution in [3.05, 3.63) is 0 Å². The third-order valence-corrected chi connectivity index (χ3v) is 11.8. The number of carboxylic acid groups (broad SMARTS) is 1. The van der Waals surface area contributed by atoms with Gasteiger partial charge in [0, 0.05) is 12.8 Å². The van der Waals surface area contributed by atoms with Gasteiger partial charge in [-0.1, -0.05) is 239 Å². The van der Waals surface area contributed by atoms with E-state index in [4.69, 9.17) is 9.84 Å². The van der Waals surface area contributed by atoms with Crippen molar-refractivity contribution in [2.75, 3.05) is 6.54 Å². The Kier molecular flexibility index (Phi) is 44.8. The van der Waals surface area contributed by atoms with Crippen LogP contribution in [0.5, 0.6) is 0 Å². The van der Waals surface area contributed by atoms with Crippen LogP contribution in [0.4, 0.5) is 0 Å². The van der Waals surface area contributed by atoms with E-state index >= 15 is 0 Å². The van der Waals surface area contributed by atoms with Gasteiger partial charge in [0.15, 0.2) is 0 Å². The van der Waals surface area contributed by atoms with E-state index in [1.54, 1.807) is 0 Å². The Morgan fingerprint density at radius 1 is 0.393 bits per heavy atom. The van der Waals surface area contributed by atoms with Crippen molar-refractivity contribution in [3.8, 4) is 0 Å². The Labute approximate surface area is 349 Å². The average molecular weight is 792 g/mol. The highest BCUT2D eigenvalue weighted by atomic mass is 16.5. The van der Waals surface area contributed by atoms with Crippen LogP contribution in [0.1, 0.15) is 290 Å². The number of amides is 1. The summed E-state index contributed by atoms with van der Waals surface area (Å²) in [7, 11) is 0. The lowest BCUT2D eigenvalue weighted by molar-refractivity contribution is -0.150. The molecule has 0 heterocycles. The summed E-state index contributed by atoms with van der Waals surface area (Å²) in [6.07, 6.45) is 53.9. The summed E-state index contributed by atoms with van der Waals surface area (Å²) in [6.45, 7) is 4.27. The zero-order valence-corrected chi connectivity index (χ0v) is 37.8. The maximum atomic E-state index is 12.8. The average Bonchev–Trinajstić information content (AvgIpc) is 3.18. The Hall–Kier alpha value is -1.59. The number of unbranched alkanes of at least 4 members (excludes halogenated alkanes) is 36. The highest BCUT2D eigenvalue weighted by molar-refractivity contribution is 5.80. The van der Waals surface area contributed by atoms with Gasteiger partial charge in [-0.25, -0.2) is 0 Å². The van der Waals surface area contributed by atoms with E-state index in [0.29, 0.717) is 12.8 Å². The fourth-order valence-corrected chi connectivity index (χ4v) is 8.05. The second-order valence-corrected chi connectivity index (χ2v) is 17.4. The van der Waals surface area contributed by atoms with Crippen LogP contribution in [-0.2, 0) is 19.1 Å². The normalized spacial score (nSPS) is 11.9. The predicted molar refractivity (Wildman–Crippen MR) is 240 cm³/mol. The fraction of sp³-hybridized carbons (Fsp3) is 0.940. The van der Waals surface area contributed by atoms with E-state index in [2.05, 4.69) is 19.2 Å². The van der Waals surface area contributed by atoms with Crippen LogP contribution in [0.2, 0.25) is 0 Å². The SMILES string of the molecule is CCCCCCCCCCCCCCCCCCCCCC(=O)OC(CCCCCCCCCCCCCCCCC)CCCCCCCC(=O)NCC(=O)O. The molecule has 1 atom stereocenters. The Bertz CT molecular complexity index is 832. The van der Waals surface area contributed by atoms with Gasteiger partial charge < -0.3 is 15.2 Å². The van der Waals surface area contributed by atoms with Gasteiger partial charge in [0.05, 0.1) is 0 Å². The molecule has 0 saturated heterocycles. The maximum absolute atomic E-state index is 12.8. The lowest BCUT2D eigenvalue weighted by Crippen LogP contribution is -2.28. The van der Waals surface area contributed by atoms with Gasteiger partial charge in [0.2, 0.25) is 5.91 Å². The molecule has 6 nitrogen and oxygen atoms in total. The number of nitrogens with one attached hydrogen (secondary N) is 1. The second-order valence-electron chi connectivity index (χ2n) is 17.4. The third kappa shape index (κ3) is 45.1. The van der Waals surface area contributed by atoms with Crippen molar-refractivity contribution in [1.29, 1.82) is 0 Å². The van der Waals surface area contributed by atoms with Crippen LogP contribution < -0.4 is 5.32 Å². The van der Waals surface area contributed by atoms with Gasteiger partial charge in [0.25, 0.3) is 0 Å². The van der Waals surface area contributed by atoms with E-state index in [9.17, 15) is 14.4 Å². The molecule has 0 aliphatic heterocycles. The molecule has 0 saturated carbocycles. The number of aliphatic carboxylic acids is 1. The number of hydrogen-bond acceptors (Lipinski definition) is 4. The Morgan fingerprint density at radius 2 is 0.661 bits per heavy atom. The first-order valence-corrected chi connectivity index (χ1v) is 25.2. The molecule has 6 heteroatoms. The highest BCUT2D eigenvalue weighted by Gasteiger charge is 2.14. The summed E-state index contributed by atoms with van der Waals surface area (Å²) in [5, 5.41) is 11.1. The molecule has 0 aliphatic rings. The van der Waals surface area contributed by atoms with Gasteiger partial charge in [-0.05, 0) is 38.5 Å². The zero-order chi connectivity index (χ0) is 40.8. The molecule has 56 heavy (non-hydrogen) atoms. The molecular weight excluding hydrogens is 695 g/mol. The summed E-state index contributed by atoms with van der Waals surface area (Å²) < 4.78 is 6.07. The molecule has 0 bridgehead atoms. The summed E-state index contributed by atoms with van der Waals surface area (Å²) in [6, 6.07) is 0. The zero-order valence-electron chi connectivity index (χ0n) is 37.8. The molecule has 1 unspecified atom stereocenters. The molecule has 332 valence electrons. The number of rotatable bonds is 47. The quantitative estimate of drug-likeness (QED) is 0.0473. The lowest BCUT2D eigenvalue weighted by atomic mass is 10.0. The van der Waals surface area contributed by atoms with Crippen LogP contribution in [0, 0.1) is 0 Å². The van der Waals surface area contributed by atoms with E-state index in [0.717, 1.165) is 64.2 Å². The first-order chi connectivity index (χ1) is 27.5. The number of carbonyl (C=O) groups is 3. The Morgan fingerprint density at radius 3 is 0.964 bits per heavy atom. The minimum absolute atomic E-state index is 0.00435. The standard InChI is InChI=1S/C50H97NO5/c1-3-5-7-9-11-13-15-17-19-20-21-22-24-26-28-30-32-37-41-45-50(55)56-47(43-39-35-33-36-40-44-48(52)51-46-49(53)54)42-38-34-31-29-27-25-23-18-16-14-12-10-8-6-4-2/h47H,3-46H2,1-2H3,(H,51,52)(H,53,54). The molecule has 0 aromatic carbocycles. The summed E-state index contributed by atoms with van der Waals surface area (Å²) in [4.78, 5) is 35.2.